The zero-order valence-corrected chi connectivity index (χ0v) is 16.5. The molecule has 11 heteroatoms. The summed E-state index contributed by atoms with van der Waals surface area (Å²) in [5.74, 6) is -0.698. The molecule has 1 N–H and O–H groups in total. The highest BCUT2D eigenvalue weighted by molar-refractivity contribution is 7.99. The van der Waals surface area contributed by atoms with Gasteiger partial charge in [0, 0.05) is 43.7 Å². The van der Waals surface area contributed by atoms with E-state index in [0.29, 0.717) is 42.7 Å². The molecule has 2 aromatic heterocycles. The SMILES string of the molecule is Fc1ccc(N2CCNCC2CCSc2nnc3c(C(F)(F)F)cccn23)c(F)c1. The molecule has 0 spiro atoms. The first-order chi connectivity index (χ1) is 14.3. The van der Waals surface area contributed by atoms with Crippen molar-refractivity contribution in [2.45, 2.75) is 23.8 Å². The Morgan fingerprint density at radius 2 is 2.00 bits per heavy atom. The fourth-order valence-corrected chi connectivity index (χ4v) is 4.51. The van der Waals surface area contributed by atoms with Gasteiger partial charge < -0.3 is 10.2 Å². The molecule has 0 saturated carbocycles. The summed E-state index contributed by atoms with van der Waals surface area (Å²) in [4.78, 5) is 1.90. The number of halogens is 5. The Morgan fingerprint density at radius 1 is 1.17 bits per heavy atom. The van der Waals surface area contributed by atoms with Crippen LogP contribution in [0.1, 0.15) is 12.0 Å². The zero-order chi connectivity index (χ0) is 21.3. The van der Waals surface area contributed by atoms with Crippen molar-refractivity contribution in [2.75, 3.05) is 30.3 Å². The lowest BCUT2D eigenvalue weighted by atomic mass is 10.1. The number of hydrogen-bond acceptors (Lipinski definition) is 5. The number of anilines is 1. The number of nitrogens with one attached hydrogen (secondary N) is 1. The number of piperazine rings is 1. The molecule has 160 valence electrons. The van der Waals surface area contributed by atoms with Gasteiger partial charge in [-0.25, -0.2) is 8.78 Å². The summed E-state index contributed by atoms with van der Waals surface area (Å²) in [6.45, 7) is 1.87. The number of nitrogens with zero attached hydrogens (tertiary/aromatic N) is 4. The molecule has 0 aliphatic carbocycles. The van der Waals surface area contributed by atoms with Crippen LogP contribution in [0.15, 0.2) is 41.7 Å². The third kappa shape index (κ3) is 4.22. The average molecular weight is 443 g/mol. The molecule has 0 amide bonds. The number of fused-ring (bicyclic) bond motifs is 1. The van der Waals surface area contributed by atoms with Gasteiger partial charge in [0.2, 0.25) is 0 Å². The molecular formula is C19H18F5N5S. The number of rotatable bonds is 5. The number of pyridine rings is 1. The Kier molecular flexibility index (Phi) is 5.83. The van der Waals surface area contributed by atoms with E-state index >= 15 is 0 Å². The second-order valence-corrected chi connectivity index (χ2v) is 7.94. The first-order valence-corrected chi connectivity index (χ1v) is 10.3. The monoisotopic (exact) mass is 443 g/mol. The lowest BCUT2D eigenvalue weighted by molar-refractivity contribution is -0.136. The van der Waals surface area contributed by atoms with Gasteiger partial charge in [0.25, 0.3) is 0 Å². The molecular weight excluding hydrogens is 425 g/mol. The zero-order valence-electron chi connectivity index (χ0n) is 15.7. The molecule has 0 bridgehead atoms. The fourth-order valence-electron chi connectivity index (χ4n) is 3.55. The smallest absolute Gasteiger partial charge is 0.364 e. The quantitative estimate of drug-likeness (QED) is 0.477. The number of thioether (sulfide) groups is 1. The molecule has 5 nitrogen and oxygen atoms in total. The number of alkyl halides is 3. The molecule has 30 heavy (non-hydrogen) atoms. The predicted molar refractivity (Wildman–Crippen MR) is 104 cm³/mol. The summed E-state index contributed by atoms with van der Waals surface area (Å²) in [5.41, 5.74) is -0.726. The molecule has 0 radical (unpaired) electrons. The molecule has 4 rings (SSSR count). The highest BCUT2D eigenvalue weighted by Gasteiger charge is 2.34. The molecule has 1 saturated heterocycles. The molecule has 1 fully saturated rings. The van der Waals surface area contributed by atoms with Gasteiger partial charge in [-0.1, -0.05) is 11.8 Å². The van der Waals surface area contributed by atoms with E-state index in [1.165, 1.54) is 40.6 Å². The maximum atomic E-state index is 14.2. The predicted octanol–water partition coefficient (Wildman–Crippen LogP) is 3.99. The van der Waals surface area contributed by atoms with Crippen molar-refractivity contribution in [1.29, 1.82) is 0 Å². The second-order valence-electron chi connectivity index (χ2n) is 6.88. The van der Waals surface area contributed by atoms with Crippen molar-refractivity contribution >= 4 is 23.1 Å². The molecule has 3 heterocycles. The third-order valence-corrected chi connectivity index (χ3v) is 5.94. The molecule has 1 aromatic carbocycles. The Morgan fingerprint density at radius 3 is 2.77 bits per heavy atom. The van der Waals surface area contributed by atoms with Gasteiger partial charge in [-0.15, -0.1) is 10.2 Å². The van der Waals surface area contributed by atoms with E-state index in [1.54, 1.807) is 0 Å². The van der Waals surface area contributed by atoms with Gasteiger partial charge >= 0.3 is 6.18 Å². The van der Waals surface area contributed by atoms with Crippen LogP contribution in [-0.4, -0.2) is 46.0 Å². The van der Waals surface area contributed by atoms with Crippen molar-refractivity contribution in [3.8, 4) is 0 Å². The summed E-state index contributed by atoms with van der Waals surface area (Å²) in [7, 11) is 0. The maximum absolute atomic E-state index is 14.2. The van der Waals surface area contributed by atoms with Crippen molar-refractivity contribution < 1.29 is 22.0 Å². The van der Waals surface area contributed by atoms with Crippen molar-refractivity contribution in [2.24, 2.45) is 0 Å². The topological polar surface area (TPSA) is 45.5 Å². The number of aromatic nitrogens is 3. The largest absolute Gasteiger partial charge is 0.420 e. The average Bonchev–Trinajstić information content (AvgIpc) is 3.11. The lowest BCUT2D eigenvalue weighted by Crippen LogP contribution is -2.52. The molecule has 3 aromatic rings. The normalized spacial score (nSPS) is 17.6. The van der Waals surface area contributed by atoms with Gasteiger partial charge in [-0.05, 0) is 30.7 Å². The third-order valence-electron chi connectivity index (χ3n) is 4.96. The number of hydrogen-bond donors (Lipinski definition) is 1. The van der Waals surface area contributed by atoms with Crippen LogP contribution in [0.5, 0.6) is 0 Å². The fraction of sp³-hybridized carbons (Fsp3) is 0.368. The molecule has 1 atom stereocenters. The first-order valence-electron chi connectivity index (χ1n) is 9.31. The molecule has 1 aliphatic heterocycles. The summed E-state index contributed by atoms with van der Waals surface area (Å²) in [5, 5.41) is 11.2. The Hall–Kier alpha value is -2.40. The van der Waals surface area contributed by atoms with Crippen LogP contribution in [-0.2, 0) is 6.18 Å². The summed E-state index contributed by atoms with van der Waals surface area (Å²) < 4.78 is 68.2. The van der Waals surface area contributed by atoms with Gasteiger partial charge in [0.15, 0.2) is 10.8 Å². The minimum Gasteiger partial charge on any atom is -0.364 e. The van der Waals surface area contributed by atoms with Crippen LogP contribution in [0.25, 0.3) is 5.65 Å². The van der Waals surface area contributed by atoms with Gasteiger partial charge in [-0.2, -0.15) is 13.2 Å². The summed E-state index contributed by atoms with van der Waals surface area (Å²) in [6.07, 6.45) is -2.39. The number of benzene rings is 1. The summed E-state index contributed by atoms with van der Waals surface area (Å²) in [6, 6.07) is 5.77. The maximum Gasteiger partial charge on any atom is 0.420 e. The lowest BCUT2D eigenvalue weighted by Gasteiger charge is -2.38. The van der Waals surface area contributed by atoms with Crippen LogP contribution in [0, 0.1) is 11.6 Å². The Balaban J connectivity index is 1.47. The van der Waals surface area contributed by atoms with Crippen molar-refractivity contribution in [3.05, 3.63) is 53.7 Å². The standard InChI is InChI=1S/C19H18F5N5S/c20-12-3-4-16(15(21)10-12)28-8-6-25-11-13(28)5-9-30-18-27-26-17-14(19(22,23)24)2-1-7-29(17)18/h1-4,7,10,13,25H,5-6,8-9,11H2. The van der Waals surface area contributed by atoms with E-state index in [0.717, 1.165) is 12.1 Å². The highest BCUT2D eigenvalue weighted by Crippen LogP contribution is 2.33. The second kappa shape index (κ2) is 8.38. The van der Waals surface area contributed by atoms with Gasteiger partial charge in [0.05, 0.1) is 5.69 Å². The molecule has 1 aliphatic rings. The van der Waals surface area contributed by atoms with Gasteiger partial charge in [-0.3, -0.25) is 4.40 Å². The van der Waals surface area contributed by atoms with Crippen LogP contribution >= 0.6 is 11.8 Å². The minimum absolute atomic E-state index is 0.0452. The van der Waals surface area contributed by atoms with E-state index in [2.05, 4.69) is 15.5 Å². The summed E-state index contributed by atoms with van der Waals surface area (Å²) >= 11 is 1.29. The van der Waals surface area contributed by atoms with Crippen molar-refractivity contribution in [3.63, 3.8) is 0 Å². The van der Waals surface area contributed by atoms with Crippen LogP contribution in [0.4, 0.5) is 27.6 Å². The van der Waals surface area contributed by atoms with E-state index < -0.39 is 23.4 Å². The molecule has 1 unspecified atom stereocenters. The van der Waals surface area contributed by atoms with Gasteiger partial charge in [0.1, 0.15) is 17.2 Å². The Bertz CT molecular complexity index is 1040. The van der Waals surface area contributed by atoms with E-state index in [9.17, 15) is 22.0 Å². The van der Waals surface area contributed by atoms with E-state index in [4.69, 9.17) is 0 Å². The van der Waals surface area contributed by atoms with Crippen LogP contribution in [0.3, 0.4) is 0 Å². The highest BCUT2D eigenvalue weighted by atomic mass is 32.2. The van der Waals surface area contributed by atoms with E-state index in [-0.39, 0.29) is 11.7 Å². The van der Waals surface area contributed by atoms with E-state index in [1.807, 2.05) is 4.90 Å². The van der Waals surface area contributed by atoms with Crippen molar-refractivity contribution in [1.82, 2.24) is 19.9 Å². The minimum atomic E-state index is -4.51. The van der Waals surface area contributed by atoms with Crippen LogP contribution in [0.2, 0.25) is 0 Å². The van der Waals surface area contributed by atoms with Crippen LogP contribution < -0.4 is 10.2 Å². The Labute approximate surface area is 173 Å². The first kappa shape index (κ1) is 20.9.